The van der Waals surface area contributed by atoms with Gasteiger partial charge in [0, 0.05) is 35.5 Å². The molecule has 4 rings (SSSR count). The highest BCUT2D eigenvalue weighted by atomic mass is 79.9. The molecule has 2 unspecified atom stereocenters. The molecule has 0 spiro atoms. The quantitative estimate of drug-likeness (QED) is 0.496. The van der Waals surface area contributed by atoms with E-state index in [-0.39, 0.29) is 12.5 Å². The number of halogens is 2. The zero-order chi connectivity index (χ0) is 26.0. The van der Waals surface area contributed by atoms with Gasteiger partial charge in [-0.15, -0.1) is 0 Å². The molecule has 36 heavy (non-hydrogen) atoms. The van der Waals surface area contributed by atoms with E-state index in [4.69, 9.17) is 26.1 Å². The summed E-state index contributed by atoms with van der Waals surface area (Å²) in [5, 5.41) is 10.8. The van der Waals surface area contributed by atoms with Gasteiger partial charge < -0.3 is 24.2 Å². The van der Waals surface area contributed by atoms with Gasteiger partial charge in [-0.3, -0.25) is 0 Å². The van der Waals surface area contributed by atoms with Crippen molar-refractivity contribution in [1.29, 1.82) is 5.26 Å². The van der Waals surface area contributed by atoms with Crippen molar-refractivity contribution >= 4 is 50.3 Å². The van der Waals surface area contributed by atoms with E-state index < -0.39 is 11.7 Å². The Bertz CT molecular complexity index is 1170. The van der Waals surface area contributed by atoms with Crippen LogP contribution >= 0.6 is 27.5 Å². The lowest BCUT2D eigenvalue weighted by molar-refractivity contribution is 0.0145. The molecule has 2 aliphatic rings. The summed E-state index contributed by atoms with van der Waals surface area (Å²) in [5.41, 5.74) is 0.0929. The van der Waals surface area contributed by atoms with Gasteiger partial charge in [0.1, 0.15) is 18.0 Å². The predicted octanol–water partition coefficient (Wildman–Crippen LogP) is 4.86. The first-order valence-corrected chi connectivity index (χ1v) is 13.3. The number of anilines is 1. The van der Waals surface area contributed by atoms with Gasteiger partial charge in [0.2, 0.25) is 0 Å². The Balaban J connectivity index is 1.63. The third kappa shape index (κ3) is 6.13. The molecule has 0 saturated carbocycles. The SMILES string of the molecule is CN1CCCC1COc1nc(N2CCN(C(=O)OC(C)(C)C)C(CC#N)C2)c2cc(Cl)c(Br)cc2n1. The molecule has 2 atom stereocenters. The number of hydrogen-bond acceptors (Lipinski definition) is 8. The van der Waals surface area contributed by atoms with Crippen LogP contribution in [0, 0.1) is 11.3 Å². The number of nitrogens with zero attached hydrogens (tertiary/aromatic N) is 6. The second-order valence-corrected chi connectivity index (χ2v) is 11.6. The van der Waals surface area contributed by atoms with Gasteiger partial charge in [0.25, 0.3) is 0 Å². The van der Waals surface area contributed by atoms with E-state index in [1.165, 1.54) is 0 Å². The second kappa shape index (κ2) is 11.0. The lowest BCUT2D eigenvalue weighted by Gasteiger charge is -2.41. The number of hydrogen-bond donors (Lipinski definition) is 0. The van der Waals surface area contributed by atoms with Crippen molar-refractivity contribution in [3.8, 4) is 12.1 Å². The van der Waals surface area contributed by atoms with Crippen molar-refractivity contribution in [3.63, 3.8) is 0 Å². The van der Waals surface area contributed by atoms with Gasteiger partial charge in [-0.05, 0) is 75.3 Å². The molecule has 2 fully saturated rings. The maximum Gasteiger partial charge on any atom is 0.410 e. The Morgan fingerprint density at radius 1 is 1.25 bits per heavy atom. The van der Waals surface area contributed by atoms with E-state index >= 15 is 0 Å². The highest BCUT2D eigenvalue weighted by Gasteiger charge is 2.34. The molecule has 1 aromatic heterocycles. The van der Waals surface area contributed by atoms with Crippen LogP contribution in [0.15, 0.2) is 16.6 Å². The van der Waals surface area contributed by atoms with Crippen molar-refractivity contribution in [1.82, 2.24) is 19.8 Å². The van der Waals surface area contributed by atoms with Crippen LogP contribution < -0.4 is 9.64 Å². The number of rotatable bonds is 5. The molecule has 194 valence electrons. The van der Waals surface area contributed by atoms with Crippen LogP contribution in [0.1, 0.15) is 40.0 Å². The summed E-state index contributed by atoms with van der Waals surface area (Å²) in [6.45, 7) is 8.43. The van der Waals surface area contributed by atoms with Crippen molar-refractivity contribution < 1.29 is 14.3 Å². The first kappa shape index (κ1) is 26.7. The molecule has 0 bridgehead atoms. The molecule has 11 heteroatoms. The Kier molecular flexibility index (Phi) is 8.12. The average Bonchev–Trinajstić information content (AvgIpc) is 3.22. The summed E-state index contributed by atoms with van der Waals surface area (Å²) < 4.78 is 12.4. The molecule has 0 radical (unpaired) electrons. The first-order valence-electron chi connectivity index (χ1n) is 12.2. The minimum Gasteiger partial charge on any atom is -0.462 e. The van der Waals surface area contributed by atoms with Gasteiger partial charge in [-0.1, -0.05) is 11.6 Å². The van der Waals surface area contributed by atoms with E-state index in [0.29, 0.717) is 54.7 Å². The number of fused-ring (bicyclic) bond motifs is 1. The lowest BCUT2D eigenvalue weighted by Crippen LogP contribution is -2.56. The molecule has 2 aliphatic heterocycles. The molecular formula is C25H32BrClN6O3. The van der Waals surface area contributed by atoms with Gasteiger partial charge >= 0.3 is 12.1 Å². The summed E-state index contributed by atoms with van der Waals surface area (Å²) in [7, 11) is 2.10. The van der Waals surface area contributed by atoms with Crippen LogP contribution in [0.25, 0.3) is 10.9 Å². The summed E-state index contributed by atoms with van der Waals surface area (Å²) in [4.78, 5) is 28.3. The van der Waals surface area contributed by atoms with E-state index in [1.807, 2.05) is 32.9 Å². The van der Waals surface area contributed by atoms with Gasteiger partial charge in [-0.2, -0.15) is 15.2 Å². The first-order chi connectivity index (χ1) is 17.1. The van der Waals surface area contributed by atoms with E-state index in [1.54, 1.807) is 4.90 Å². The zero-order valence-corrected chi connectivity index (χ0v) is 23.5. The molecule has 9 nitrogen and oxygen atoms in total. The van der Waals surface area contributed by atoms with Crippen LogP contribution in [0.2, 0.25) is 5.02 Å². The van der Waals surface area contributed by atoms with Crippen LogP contribution in [0.5, 0.6) is 6.01 Å². The third-order valence-corrected chi connectivity index (χ3v) is 7.71. The maximum atomic E-state index is 12.8. The number of likely N-dealkylation sites (tertiary alicyclic amines) is 1. The van der Waals surface area contributed by atoms with Gasteiger partial charge in [0.15, 0.2) is 0 Å². The number of piperazine rings is 1. The molecule has 3 heterocycles. The van der Waals surface area contributed by atoms with E-state index in [9.17, 15) is 10.1 Å². The molecule has 0 aliphatic carbocycles. The Labute approximate surface area is 225 Å². The topological polar surface area (TPSA) is 94.8 Å². The number of benzene rings is 1. The zero-order valence-electron chi connectivity index (χ0n) is 21.1. The number of amides is 1. The minimum atomic E-state index is -0.613. The summed E-state index contributed by atoms with van der Waals surface area (Å²) in [5.74, 6) is 0.677. The fourth-order valence-corrected chi connectivity index (χ4v) is 5.14. The standard InChI is InChI=1S/C25H32BrClN6O3/c1-25(2,3)36-24(34)33-11-10-32(14-16(33)7-8-28)22-18-12-20(27)19(26)13-21(18)29-23(30-22)35-15-17-6-5-9-31(17)4/h12-13,16-17H,5-7,9-11,14-15H2,1-4H3. The normalized spacial score (nSPS) is 21.0. The smallest absolute Gasteiger partial charge is 0.410 e. The molecular weight excluding hydrogens is 548 g/mol. The Morgan fingerprint density at radius 2 is 2.03 bits per heavy atom. The Hall–Kier alpha value is -2.35. The van der Waals surface area contributed by atoms with Crippen molar-refractivity contribution in [2.24, 2.45) is 0 Å². The highest BCUT2D eigenvalue weighted by Crippen LogP contribution is 2.34. The summed E-state index contributed by atoms with van der Waals surface area (Å²) >= 11 is 9.93. The highest BCUT2D eigenvalue weighted by molar-refractivity contribution is 9.10. The van der Waals surface area contributed by atoms with Crippen LogP contribution in [0.4, 0.5) is 10.6 Å². The molecule has 2 aromatic rings. The average molecular weight is 580 g/mol. The van der Waals surface area contributed by atoms with Crippen molar-refractivity contribution in [2.75, 3.05) is 44.7 Å². The monoisotopic (exact) mass is 578 g/mol. The van der Waals surface area contributed by atoms with Crippen molar-refractivity contribution in [2.45, 2.75) is 57.7 Å². The Morgan fingerprint density at radius 3 is 2.69 bits per heavy atom. The fraction of sp³-hybridized carbons (Fsp3) is 0.600. The molecule has 1 aromatic carbocycles. The number of ether oxygens (including phenoxy) is 2. The molecule has 2 saturated heterocycles. The van der Waals surface area contributed by atoms with E-state index in [2.05, 4.69) is 43.8 Å². The van der Waals surface area contributed by atoms with Gasteiger partial charge in [0.05, 0.1) is 29.1 Å². The number of carbonyl (C=O) groups is 1. The van der Waals surface area contributed by atoms with Crippen LogP contribution in [-0.4, -0.2) is 83.4 Å². The predicted molar refractivity (Wildman–Crippen MR) is 143 cm³/mol. The number of aromatic nitrogens is 2. The van der Waals surface area contributed by atoms with E-state index in [0.717, 1.165) is 29.2 Å². The lowest BCUT2D eigenvalue weighted by atomic mass is 10.1. The van der Waals surface area contributed by atoms with Crippen LogP contribution in [0.3, 0.4) is 0 Å². The minimum absolute atomic E-state index is 0.183. The van der Waals surface area contributed by atoms with Gasteiger partial charge in [-0.25, -0.2) is 4.79 Å². The second-order valence-electron chi connectivity index (χ2n) is 10.3. The third-order valence-electron chi connectivity index (χ3n) is 6.51. The maximum absolute atomic E-state index is 12.8. The number of likely N-dealkylation sites (N-methyl/N-ethyl adjacent to an activating group) is 1. The largest absolute Gasteiger partial charge is 0.462 e. The van der Waals surface area contributed by atoms with Crippen LogP contribution in [-0.2, 0) is 4.74 Å². The summed E-state index contributed by atoms with van der Waals surface area (Å²) in [6, 6.07) is 6.21. The molecule has 1 amide bonds. The molecule has 0 N–H and O–H groups in total. The summed E-state index contributed by atoms with van der Waals surface area (Å²) in [6.07, 6.45) is 2.01. The fourth-order valence-electron chi connectivity index (χ4n) is 4.64. The number of carbonyl (C=O) groups excluding carboxylic acids is 1. The number of nitriles is 1. The van der Waals surface area contributed by atoms with Crippen molar-refractivity contribution in [3.05, 3.63) is 21.6 Å².